The van der Waals surface area contributed by atoms with Gasteiger partial charge in [-0.2, -0.15) is 5.10 Å². The molecule has 1 aliphatic heterocycles. The van der Waals surface area contributed by atoms with Gasteiger partial charge < -0.3 is 9.88 Å². The van der Waals surface area contributed by atoms with Crippen molar-refractivity contribution in [3.05, 3.63) is 47.9 Å². The zero-order chi connectivity index (χ0) is 15.1. The average molecular weight is 296 g/mol. The van der Waals surface area contributed by atoms with Gasteiger partial charge in [0.05, 0.1) is 12.2 Å². The second-order valence-corrected chi connectivity index (χ2v) is 5.55. The molecule has 3 aromatic heterocycles. The molecule has 4 rings (SSSR count). The number of aryl methyl sites for hydroxylation is 1. The zero-order valence-corrected chi connectivity index (χ0v) is 12.2. The Morgan fingerprint density at radius 1 is 1.36 bits per heavy atom. The summed E-state index contributed by atoms with van der Waals surface area (Å²) in [6.45, 7) is 2.69. The van der Waals surface area contributed by atoms with E-state index in [-0.39, 0.29) is 11.9 Å². The highest BCUT2D eigenvalue weighted by Crippen LogP contribution is 2.31. The van der Waals surface area contributed by atoms with Crippen molar-refractivity contribution in [3.8, 4) is 0 Å². The van der Waals surface area contributed by atoms with E-state index >= 15 is 0 Å². The Labute approximate surface area is 127 Å². The maximum absolute atomic E-state index is 12.9. The fourth-order valence-corrected chi connectivity index (χ4v) is 3.03. The van der Waals surface area contributed by atoms with Crippen molar-refractivity contribution in [1.29, 1.82) is 0 Å². The molecule has 112 valence electrons. The third-order valence-electron chi connectivity index (χ3n) is 4.06. The minimum Gasteiger partial charge on any atom is -0.344 e. The van der Waals surface area contributed by atoms with Crippen LogP contribution in [0.3, 0.4) is 0 Å². The van der Waals surface area contributed by atoms with Gasteiger partial charge in [0.2, 0.25) is 0 Å². The minimum atomic E-state index is -0.0368. The highest BCUT2D eigenvalue weighted by Gasteiger charge is 2.33. The zero-order valence-electron chi connectivity index (χ0n) is 12.2. The topological polar surface area (TPSA) is 79.2 Å². The lowest BCUT2D eigenvalue weighted by atomic mass is 10.2. The summed E-state index contributed by atoms with van der Waals surface area (Å²) >= 11 is 0. The number of H-pyrrole nitrogens is 1. The fourth-order valence-electron chi connectivity index (χ4n) is 3.03. The van der Waals surface area contributed by atoms with Crippen LogP contribution >= 0.6 is 0 Å². The van der Waals surface area contributed by atoms with Gasteiger partial charge in [0.25, 0.3) is 5.91 Å². The van der Waals surface area contributed by atoms with Crippen molar-refractivity contribution in [3.63, 3.8) is 0 Å². The van der Waals surface area contributed by atoms with Crippen LogP contribution in [0.4, 0.5) is 0 Å². The van der Waals surface area contributed by atoms with Gasteiger partial charge >= 0.3 is 0 Å². The number of hydrogen-bond donors (Lipinski definition) is 1. The molecule has 0 spiro atoms. The number of nitrogens with zero attached hydrogens (tertiary/aromatic N) is 5. The number of imidazole rings is 1. The molecule has 1 atom stereocenters. The molecule has 1 amide bonds. The van der Waals surface area contributed by atoms with E-state index in [0.29, 0.717) is 11.2 Å². The lowest BCUT2D eigenvalue weighted by molar-refractivity contribution is 0.0732. The molecule has 1 saturated heterocycles. The van der Waals surface area contributed by atoms with Crippen LogP contribution < -0.4 is 0 Å². The number of likely N-dealkylation sites (tertiary alicyclic amines) is 1. The van der Waals surface area contributed by atoms with Gasteiger partial charge in [0.1, 0.15) is 11.4 Å². The van der Waals surface area contributed by atoms with Crippen molar-refractivity contribution in [2.45, 2.75) is 25.8 Å². The van der Waals surface area contributed by atoms with Gasteiger partial charge in [0, 0.05) is 30.8 Å². The molecule has 0 radical (unpaired) electrons. The van der Waals surface area contributed by atoms with Gasteiger partial charge in [-0.3, -0.25) is 4.79 Å². The summed E-state index contributed by atoms with van der Waals surface area (Å²) in [4.78, 5) is 26.7. The Balaban J connectivity index is 1.69. The second kappa shape index (κ2) is 4.94. The second-order valence-electron chi connectivity index (χ2n) is 5.55. The first-order valence-corrected chi connectivity index (χ1v) is 7.35. The van der Waals surface area contributed by atoms with Crippen molar-refractivity contribution in [2.24, 2.45) is 0 Å². The summed E-state index contributed by atoms with van der Waals surface area (Å²) in [7, 11) is 0. The largest absolute Gasteiger partial charge is 0.344 e. The molecule has 7 heteroatoms. The van der Waals surface area contributed by atoms with Crippen LogP contribution in [-0.2, 0) is 0 Å². The normalized spacial score (nSPS) is 18.2. The van der Waals surface area contributed by atoms with Crippen LogP contribution in [0.25, 0.3) is 5.65 Å². The first kappa shape index (κ1) is 13.0. The summed E-state index contributed by atoms with van der Waals surface area (Å²) in [5, 5.41) is 4.20. The van der Waals surface area contributed by atoms with E-state index < -0.39 is 0 Å². The van der Waals surface area contributed by atoms with Gasteiger partial charge in [0.15, 0.2) is 5.65 Å². The molecule has 0 aliphatic carbocycles. The van der Waals surface area contributed by atoms with Crippen LogP contribution in [0, 0.1) is 6.92 Å². The number of aromatic nitrogens is 5. The van der Waals surface area contributed by atoms with Crippen molar-refractivity contribution >= 4 is 11.6 Å². The third kappa shape index (κ3) is 1.97. The van der Waals surface area contributed by atoms with Crippen molar-refractivity contribution < 1.29 is 4.79 Å². The summed E-state index contributed by atoms with van der Waals surface area (Å²) in [6.07, 6.45) is 8.75. The lowest BCUT2D eigenvalue weighted by Crippen LogP contribution is -2.31. The number of carbonyl (C=O) groups is 1. The van der Waals surface area contributed by atoms with Gasteiger partial charge in [-0.25, -0.2) is 14.5 Å². The molecule has 4 heterocycles. The molecule has 1 fully saturated rings. The molecule has 1 aliphatic rings. The smallest absolute Gasteiger partial charge is 0.259 e. The quantitative estimate of drug-likeness (QED) is 0.781. The van der Waals surface area contributed by atoms with Crippen LogP contribution in [0.2, 0.25) is 0 Å². The Morgan fingerprint density at radius 3 is 3.09 bits per heavy atom. The van der Waals surface area contributed by atoms with Crippen LogP contribution in [-0.4, -0.2) is 41.9 Å². The third-order valence-corrected chi connectivity index (χ3v) is 4.06. The van der Waals surface area contributed by atoms with Crippen LogP contribution in [0.5, 0.6) is 0 Å². The number of fused-ring (bicyclic) bond motifs is 1. The van der Waals surface area contributed by atoms with Crippen LogP contribution in [0.1, 0.15) is 40.8 Å². The van der Waals surface area contributed by atoms with Gasteiger partial charge in [-0.1, -0.05) is 0 Å². The summed E-state index contributed by atoms with van der Waals surface area (Å²) < 4.78 is 1.62. The van der Waals surface area contributed by atoms with E-state index in [4.69, 9.17) is 0 Å². The number of nitrogens with one attached hydrogen (secondary N) is 1. The first-order valence-electron chi connectivity index (χ1n) is 7.35. The maximum atomic E-state index is 12.9. The molecule has 0 bridgehead atoms. The predicted molar refractivity (Wildman–Crippen MR) is 79.3 cm³/mol. The molecule has 0 aromatic carbocycles. The average Bonchev–Trinajstić information content (AvgIpc) is 3.25. The Morgan fingerprint density at radius 2 is 2.27 bits per heavy atom. The number of aromatic amines is 1. The van der Waals surface area contributed by atoms with E-state index in [2.05, 4.69) is 20.1 Å². The van der Waals surface area contributed by atoms with Gasteiger partial charge in [-0.05, 0) is 25.8 Å². The Kier molecular flexibility index (Phi) is 2.92. The van der Waals surface area contributed by atoms with Crippen LogP contribution in [0.15, 0.2) is 30.9 Å². The molecule has 0 saturated carbocycles. The number of amides is 1. The number of rotatable bonds is 2. The molecule has 1 N–H and O–H groups in total. The van der Waals surface area contributed by atoms with E-state index in [1.807, 2.05) is 11.8 Å². The van der Waals surface area contributed by atoms with E-state index in [1.54, 1.807) is 35.4 Å². The SMILES string of the molecule is Cc1cnc([C@@H]2CCCN2C(=O)c2cnn3cccnc23)[nH]1. The molecule has 22 heavy (non-hydrogen) atoms. The molecular formula is C15H16N6O. The minimum absolute atomic E-state index is 0.000128. The fraction of sp³-hybridized carbons (Fsp3) is 0.333. The molecular weight excluding hydrogens is 280 g/mol. The molecule has 3 aromatic rings. The number of carbonyl (C=O) groups excluding carboxylic acids is 1. The van der Waals surface area contributed by atoms with E-state index in [1.165, 1.54) is 0 Å². The standard InChI is InChI=1S/C15H16N6O/c1-10-8-17-13(19-10)12-4-2-6-20(12)15(22)11-9-18-21-7-3-5-16-14(11)21/h3,5,7-9,12H,2,4,6H2,1H3,(H,17,19)/t12-/m0/s1. The first-order chi connectivity index (χ1) is 10.7. The highest BCUT2D eigenvalue weighted by molar-refractivity contribution is 5.99. The summed E-state index contributed by atoms with van der Waals surface area (Å²) in [5.41, 5.74) is 2.14. The maximum Gasteiger partial charge on any atom is 0.259 e. The Bertz CT molecular complexity index is 835. The van der Waals surface area contributed by atoms with E-state index in [0.717, 1.165) is 30.9 Å². The van der Waals surface area contributed by atoms with Crippen molar-refractivity contribution in [1.82, 2.24) is 29.5 Å². The van der Waals surface area contributed by atoms with Crippen molar-refractivity contribution in [2.75, 3.05) is 6.54 Å². The monoisotopic (exact) mass is 296 g/mol. The Hall–Kier alpha value is -2.70. The molecule has 7 nitrogen and oxygen atoms in total. The predicted octanol–water partition coefficient (Wildman–Crippen LogP) is 1.74. The molecule has 0 unspecified atom stereocenters. The number of hydrogen-bond acceptors (Lipinski definition) is 4. The highest BCUT2D eigenvalue weighted by atomic mass is 16.2. The summed E-state index contributed by atoms with van der Waals surface area (Å²) in [6, 6.07) is 1.79. The summed E-state index contributed by atoms with van der Waals surface area (Å²) in [5.74, 6) is 0.818. The lowest BCUT2D eigenvalue weighted by Gasteiger charge is -2.22. The van der Waals surface area contributed by atoms with E-state index in [9.17, 15) is 4.79 Å². The van der Waals surface area contributed by atoms with Gasteiger partial charge in [-0.15, -0.1) is 0 Å².